The van der Waals surface area contributed by atoms with Crippen molar-refractivity contribution in [1.29, 1.82) is 0 Å². The van der Waals surface area contributed by atoms with Gasteiger partial charge in [-0.05, 0) is 11.3 Å². The van der Waals surface area contributed by atoms with Gasteiger partial charge in [-0.2, -0.15) is 0 Å². The Kier molecular flexibility index (Phi) is 7.69. The van der Waals surface area contributed by atoms with E-state index < -0.39 is 0 Å². The molecule has 0 bridgehead atoms. The van der Waals surface area contributed by atoms with Crippen LogP contribution in [0.4, 0.5) is 0 Å². The summed E-state index contributed by atoms with van der Waals surface area (Å²) in [5, 5.41) is 0. The average Bonchev–Trinajstić information content (AvgIpc) is 2.56. The number of thioether (sulfide) groups is 1. The molecule has 2 rings (SSSR count). The van der Waals surface area contributed by atoms with E-state index in [2.05, 4.69) is 19.1 Å². The van der Waals surface area contributed by atoms with Crippen LogP contribution in [-0.4, -0.2) is 50.3 Å². The van der Waals surface area contributed by atoms with Gasteiger partial charge >= 0.3 is 0 Å². The van der Waals surface area contributed by atoms with E-state index in [9.17, 15) is 0 Å². The first kappa shape index (κ1) is 17.8. The van der Waals surface area contributed by atoms with Crippen molar-refractivity contribution in [2.75, 3.05) is 26.6 Å². The zero-order valence-electron chi connectivity index (χ0n) is 13.6. The molecule has 4 nitrogen and oxygen atoms in total. The predicted octanol–water partition coefficient (Wildman–Crippen LogP) is 3.10. The lowest BCUT2D eigenvalue weighted by molar-refractivity contribution is -0.173. The second-order valence-corrected chi connectivity index (χ2v) is 6.66. The zero-order chi connectivity index (χ0) is 15.8. The molecular weight excluding hydrogens is 300 g/mol. The molecule has 1 aromatic carbocycles. The van der Waals surface area contributed by atoms with E-state index in [1.807, 2.05) is 18.2 Å². The minimum Gasteiger partial charge on any atom is -0.379 e. The van der Waals surface area contributed by atoms with E-state index in [1.165, 1.54) is 5.56 Å². The van der Waals surface area contributed by atoms with Crippen molar-refractivity contribution >= 4 is 11.8 Å². The first-order valence-electron chi connectivity index (χ1n) is 7.72. The highest BCUT2D eigenvalue weighted by atomic mass is 32.2. The van der Waals surface area contributed by atoms with Crippen LogP contribution < -0.4 is 0 Å². The normalized spacial score (nSPS) is 28.7. The summed E-state index contributed by atoms with van der Waals surface area (Å²) in [6, 6.07) is 10.2. The SMILES string of the molecule is CCS[C@@H]1O[C@H](COCc2ccccc2)[C@@H](OC)C[C@H]1OC. The molecule has 4 atom stereocenters. The molecule has 1 aliphatic heterocycles. The number of hydrogen-bond acceptors (Lipinski definition) is 5. The van der Waals surface area contributed by atoms with Gasteiger partial charge in [0.25, 0.3) is 0 Å². The van der Waals surface area contributed by atoms with Crippen LogP contribution in [0.15, 0.2) is 30.3 Å². The molecule has 124 valence electrons. The van der Waals surface area contributed by atoms with Gasteiger partial charge in [-0.3, -0.25) is 0 Å². The van der Waals surface area contributed by atoms with Crippen LogP contribution in [0.25, 0.3) is 0 Å². The Morgan fingerprint density at radius 3 is 2.50 bits per heavy atom. The van der Waals surface area contributed by atoms with Crippen molar-refractivity contribution in [1.82, 2.24) is 0 Å². The van der Waals surface area contributed by atoms with Gasteiger partial charge in [0.1, 0.15) is 11.5 Å². The molecule has 0 spiro atoms. The molecule has 0 unspecified atom stereocenters. The van der Waals surface area contributed by atoms with E-state index in [0.717, 1.165) is 12.2 Å². The average molecular weight is 326 g/mol. The van der Waals surface area contributed by atoms with Gasteiger partial charge in [0.15, 0.2) is 0 Å². The minimum atomic E-state index is -0.0517. The van der Waals surface area contributed by atoms with Crippen molar-refractivity contribution in [2.45, 2.75) is 43.7 Å². The Balaban J connectivity index is 1.87. The fourth-order valence-corrected chi connectivity index (χ4v) is 3.61. The Morgan fingerprint density at radius 2 is 1.86 bits per heavy atom. The van der Waals surface area contributed by atoms with Crippen LogP contribution in [0, 0.1) is 0 Å². The number of rotatable bonds is 8. The maximum Gasteiger partial charge on any atom is 0.130 e. The third-order valence-corrected chi connectivity index (χ3v) is 4.90. The first-order valence-corrected chi connectivity index (χ1v) is 8.77. The highest BCUT2D eigenvalue weighted by molar-refractivity contribution is 7.99. The summed E-state index contributed by atoms with van der Waals surface area (Å²) in [4.78, 5) is 0. The maximum absolute atomic E-state index is 6.16. The Bertz CT molecular complexity index is 414. The van der Waals surface area contributed by atoms with Crippen molar-refractivity contribution in [3.8, 4) is 0 Å². The van der Waals surface area contributed by atoms with E-state index in [0.29, 0.717) is 13.2 Å². The molecule has 1 aliphatic rings. The molecule has 1 saturated heterocycles. The smallest absolute Gasteiger partial charge is 0.130 e. The lowest BCUT2D eigenvalue weighted by Gasteiger charge is -2.39. The molecule has 0 aromatic heterocycles. The second kappa shape index (κ2) is 9.53. The molecule has 1 fully saturated rings. The van der Waals surface area contributed by atoms with Crippen molar-refractivity contribution < 1.29 is 18.9 Å². The summed E-state index contributed by atoms with van der Waals surface area (Å²) in [5.74, 6) is 1.000. The summed E-state index contributed by atoms with van der Waals surface area (Å²) in [6.07, 6.45) is 0.864. The van der Waals surface area contributed by atoms with Crippen molar-refractivity contribution in [3.63, 3.8) is 0 Å². The third kappa shape index (κ3) is 4.96. The fraction of sp³-hybridized carbons (Fsp3) is 0.647. The van der Waals surface area contributed by atoms with Crippen molar-refractivity contribution in [2.24, 2.45) is 0 Å². The molecule has 0 amide bonds. The second-order valence-electron chi connectivity index (χ2n) is 5.28. The van der Waals surface area contributed by atoms with Crippen LogP contribution in [-0.2, 0) is 25.6 Å². The molecule has 0 aliphatic carbocycles. The summed E-state index contributed by atoms with van der Waals surface area (Å²) in [6.45, 7) is 3.26. The molecule has 0 radical (unpaired) electrons. The molecule has 1 heterocycles. The number of ether oxygens (including phenoxy) is 4. The van der Waals surface area contributed by atoms with Crippen LogP contribution in [0.3, 0.4) is 0 Å². The molecule has 1 aromatic rings. The topological polar surface area (TPSA) is 36.9 Å². The molecular formula is C17H26O4S. The van der Waals surface area contributed by atoms with E-state index in [-0.39, 0.29) is 23.7 Å². The Labute approximate surface area is 137 Å². The van der Waals surface area contributed by atoms with E-state index in [1.54, 1.807) is 26.0 Å². The van der Waals surface area contributed by atoms with Gasteiger partial charge in [-0.25, -0.2) is 0 Å². The standard InChI is InChI=1S/C17H26O4S/c1-4-22-17-15(19-3)10-14(18-2)16(21-17)12-20-11-13-8-6-5-7-9-13/h5-9,14-17H,4,10-12H2,1-3H3/t14-,15+,16+,17-/m0/s1. The molecule has 0 saturated carbocycles. The van der Waals surface area contributed by atoms with Gasteiger partial charge in [-0.1, -0.05) is 37.3 Å². The summed E-state index contributed by atoms with van der Waals surface area (Å²) >= 11 is 1.77. The molecule has 0 N–H and O–H groups in total. The Hall–Kier alpha value is -0.590. The largest absolute Gasteiger partial charge is 0.379 e. The van der Waals surface area contributed by atoms with Gasteiger partial charge in [-0.15, -0.1) is 11.8 Å². The highest BCUT2D eigenvalue weighted by Crippen LogP contribution is 2.31. The first-order chi connectivity index (χ1) is 10.8. The monoisotopic (exact) mass is 326 g/mol. The number of hydrogen-bond donors (Lipinski definition) is 0. The minimum absolute atomic E-state index is 0.00873. The van der Waals surface area contributed by atoms with Gasteiger partial charge < -0.3 is 18.9 Å². The maximum atomic E-state index is 6.16. The lowest BCUT2D eigenvalue weighted by Crippen LogP contribution is -2.49. The highest BCUT2D eigenvalue weighted by Gasteiger charge is 2.38. The van der Waals surface area contributed by atoms with Gasteiger partial charge in [0.2, 0.25) is 0 Å². The Morgan fingerprint density at radius 1 is 1.14 bits per heavy atom. The van der Waals surface area contributed by atoms with Crippen LogP contribution in [0.5, 0.6) is 0 Å². The van der Waals surface area contributed by atoms with Gasteiger partial charge in [0, 0.05) is 20.6 Å². The van der Waals surface area contributed by atoms with Crippen molar-refractivity contribution in [3.05, 3.63) is 35.9 Å². The molecule has 22 heavy (non-hydrogen) atoms. The summed E-state index contributed by atoms with van der Waals surface area (Å²) in [7, 11) is 3.45. The summed E-state index contributed by atoms with van der Waals surface area (Å²) < 4.78 is 23.1. The van der Waals surface area contributed by atoms with Gasteiger partial charge in [0.05, 0.1) is 25.4 Å². The van der Waals surface area contributed by atoms with Crippen LogP contribution >= 0.6 is 11.8 Å². The molecule has 5 heteroatoms. The third-order valence-electron chi connectivity index (χ3n) is 3.82. The number of methoxy groups -OCH3 is 2. The quantitative estimate of drug-likeness (QED) is 0.734. The van der Waals surface area contributed by atoms with Crippen LogP contribution in [0.2, 0.25) is 0 Å². The van der Waals surface area contributed by atoms with Crippen LogP contribution in [0.1, 0.15) is 18.9 Å². The van der Waals surface area contributed by atoms with E-state index in [4.69, 9.17) is 18.9 Å². The predicted molar refractivity (Wildman–Crippen MR) is 89.1 cm³/mol. The summed E-state index contributed by atoms with van der Waals surface area (Å²) in [5.41, 5.74) is 1.22. The fourth-order valence-electron chi connectivity index (χ4n) is 2.62. The number of benzene rings is 1. The zero-order valence-corrected chi connectivity index (χ0v) is 14.4. The van der Waals surface area contributed by atoms with E-state index >= 15 is 0 Å². The lowest BCUT2D eigenvalue weighted by atomic mass is 10.0.